The fourth-order valence-electron chi connectivity index (χ4n) is 12.5. The molecule has 5 aliphatic rings. The lowest BCUT2D eigenvalue weighted by atomic mass is 9.67. The summed E-state index contributed by atoms with van der Waals surface area (Å²) in [6, 6.07) is 37.0. The lowest BCUT2D eigenvalue weighted by Crippen LogP contribution is -2.33. The van der Waals surface area contributed by atoms with Crippen molar-refractivity contribution in [3.8, 4) is 0 Å². The first-order valence-corrected chi connectivity index (χ1v) is 22.4. The van der Waals surface area contributed by atoms with Crippen LogP contribution in [0.1, 0.15) is 97.6 Å². The second-order valence-electron chi connectivity index (χ2n) is 19.2. The lowest BCUT2D eigenvalue weighted by molar-refractivity contribution is -0.438. The number of hydrogen-bond donors (Lipinski definition) is 0. The highest BCUT2D eigenvalue weighted by molar-refractivity contribution is 6.12. The highest BCUT2D eigenvalue weighted by atomic mass is 15.2. The maximum absolute atomic E-state index is 2.71. The van der Waals surface area contributed by atoms with E-state index in [0.717, 1.165) is 25.9 Å². The van der Waals surface area contributed by atoms with Crippen LogP contribution in [0.25, 0.3) is 43.1 Å². The summed E-state index contributed by atoms with van der Waals surface area (Å²) >= 11 is 0. The summed E-state index contributed by atoms with van der Waals surface area (Å²) in [5.74, 6) is 1.31. The summed E-state index contributed by atoms with van der Waals surface area (Å²) in [6.07, 6.45) is 16.4. The average Bonchev–Trinajstić information content (AvgIpc) is 3.60. The van der Waals surface area contributed by atoms with Gasteiger partial charge in [0.2, 0.25) is 5.69 Å². The Hall–Kier alpha value is -5.21. The van der Waals surface area contributed by atoms with Crippen LogP contribution in [0.3, 0.4) is 0 Å². The Balaban J connectivity index is 1.01. The molecule has 2 atom stereocenters. The van der Waals surface area contributed by atoms with Crippen molar-refractivity contribution < 1.29 is 4.58 Å². The van der Waals surface area contributed by atoms with Crippen molar-refractivity contribution in [2.75, 3.05) is 18.0 Å². The molecule has 2 aliphatic heterocycles. The van der Waals surface area contributed by atoms with Gasteiger partial charge >= 0.3 is 0 Å². The zero-order valence-corrected chi connectivity index (χ0v) is 35.4. The molecule has 2 heteroatoms. The van der Waals surface area contributed by atoms with Gasteiger partial charge < -0.3 is 4.90 Å². The molecule has 0 N–H and O–H groups in total. The van der Waals surface area contributed by atoms with Crippen molar-refractivity contribution in [3.63, 3.8) is 0 Å². The Bertz CT molecular complexity index is 2900. The van der Waals surface area contributed by atoms with Crippen LogP contribution in [0.2, 0.25) is 0 Å². The second-order valence-corrected chi connectivity index (χ2v) is 19.2. The molecule has 0 fully saturated rings. The van der Waals surface area contributed by atoms with Crippen LogP contribution in [-0.2, 0) is 10.8 Å². The van der Waals surface area contributed by atoms with Gasteiger partial charge in [-0.25, -0.2) is 0 Å². The highest BCUT2D eigenvalue weighted by Gasteiger charge is 2.49. The average molecular weight is 758 g/mol. The van der Waals surface area contributed by atoms with Crippen molar-refractivity contribution >= 4 is 60.2 Å². The maximum atomic E-state index is 2.71. The number of fused-ring (bicyclic) bond motifs is 10. The summed E-state index contributed by atoms with van der Waals surface area (Å²) in [6.45, 7) is 16.8. The minimum absolute atomic E-state index is 0.0904. The Morgan fingerprint density at radius 2 is 1.21 bits per heavy atom. The number of anilines is 1. The summed E-state index contributed by atoms with van der Waals surface area (Å²) in [5, 5.41) is 10.8. The first kappa shape index (κ1) is 35.9. The molecular weight excluding hydrogens is 701 g/mol. The van der Waals surface area contributed by atoms with E-state index >= 15 is 0 Å². The van der Waals surface area contributed by atoms with Crippen molar-refractivity contribution in [1.29, 1.82) is 0 Å². The van der Waals surface area contributed by atoms with E-state index in [0.29, 0.717) is 11.8 Å². The van der Waals surface area contributed by atoms with Crippen LogP contribution in [0, 0.1) is 11.8 Å². The molecule has 6 aromatic carbocycles. The molecule has 58 heavy (non-hydrogen) atoms. The normalized spacial score (nSPS) is 23.2. The molecular formula is C56H57N2+. The van der Waals surface area contributed by atoms with Gasteiger partial charge in [-0.3, -0.25) is 0 Å². The second kappa shape index (κ2) is 13.2. The molecule has 290 valence electrons. The standard InChI is InChI=1S/C56H57N2/c1-7-25-57-49-23-21-41-28-35-13-9-11-15-37(35)33-47(41)51(49)55(3,4)53(57)43-19-17-39-27-40-18-20-44(31-46(40)32-45(39)30-43)54-56(5,6)52-48-34-38-16-12-10-14-36(38)29-42(48)22-24-50(52)58(54)26-8-2/h9-16,21-24,28-34,39-40H,7-8,17-20,25-27H2,1-6H3/q+1. The van der Waals surface area contributed by atoms with E-state index < -0.39 is 0 Å². The summed E-state index contributed by atoms with van der Waals surface area (Å²) in [4.78, 5) is 2.71. The zero-order valence-electron chi connectivity index (χ0n) is 35.4. The van der Waals surface area contributed by atoms with Gasteiger partial charge in [0.1, 0.15) is 6.54 Å². The van der Waals surface area contributed by atoms with Crippen molar-refractivity contribution in [2.24, 2.45) is 11.8 Å². The van der Waals surface area contributed by atoms with E-state index in [2.05, 4.69) is 166 Å². The van der Waals surface area contributed by atoms with E-state index in [-0.39, 0.29) is 10.8 Å². The van der Waals surface area contributed by atoms with Gasteiger partial charge in [0.15, 0.2) is 5.71 Å². The molecule has 6 aromatic rings. The first-order valence-electron chi connectivity index (χ1n) is 22.4. The molecule has 3 aliphatic carbocycles. The Kier molecular flexibility index (Phi) is 8.14. The molecule has 0 aromatic heterocycles. The van der Waals surface area contributed by atoms with E-state index in [1.807, 2.05) is 0 Å². The fourth-order valence-corrected chi connectivity index (χ4v) is 12.5. The van der Waals surface area contributed by atoms with Crippen molar-refractivity contribution in [2.45, 2.75) is 97.3 Å². The predicted molar refractivity (Wildman–Crippen MR) is 248 cm³/mol. The summed E-state index contributed by atoms with van der Waals surface area (Å²) in [7, 11) is 0. The van der Waals surface area contributed by atoms with Gasteiger partial charge in [0.05, 0.1) is 5.41 Å². The Morgan fingerprint density at radius 1 is 0.603 bits per heavy atom. The predicted octanol–water partition coefficient (Wildman–Crippen LogP) is 14.6. The maximum Gasteiger partial charge on any atom is 0.210 e. The number of rotatable bonds is 5. The van der Waals surface area contributed by atoms with Crippen LogP contribution in [0.4, 0.5) is 11.4 Å². The molecule has 0 spiro atoms. The van der Waals surface area contributed by atoms with E-state index in [4.69, 9.17) is 0 Å². The van der Waals surface area contributed by atoms with Crippen LogP contribution < -0.4 is 4.90 Å². The van der Waals surface area contributed by atoms with Gasteiger partial charge in [-0.15, -0.1) is 0 Å². The third-order valence-electron chi connectivity index (χ3n) is 14.8. The number of hydrogen-bond acceptors (Lipinski definition) is 1. The highest BCUT2D eigenvalue weighted by Crippen LogP contribution is 2.55. The number of benzene rings is 6. The van der Waals surface area contributed by atoms with Crippen LogP contribution >= 0.6 is 0 Å². The van der Waals surface area contributed by atoms with E-state index in [1.165, 1.54) is 109 Å². The molecule has 0 saturated carbocycles. The van der Waals surface area contributed by atoms with E-state index in [1.54, 1.807) is 22.3 Å². The largest absolute Gasteiger partial charge is 0.344 e. The lowest BCUT2D eigenvalue weighted by Gasteiger charge is -2.38. The van der Waals surface area contributed by atoms with Crippen LogP contribution in [-0.4, -0.2) is 23.4 Å². The SMILES string of the molecule is CCCN1/C(=C2/C=C3C=C4C=C(C5=[N+](CCC)c6ccc7cc8ccccc8cc7c6C5(C)C)CCC4CC3CC2)C(C)(C)c2c1ccc1cc3ccccc3cc21. The molecule has 0 bridgehead atoms. The topological polar surface area (TPSA) is 6.25 Å². The van der Waals surface area contributed by atoms with Gasteiger partial charge in [-0.05, 0) is 172 Å². The third-order valence-corrected chi connectivity index (χ3v) is 14.8. The molecule has 2 unspecified atom stereocenters. The summed E-state index contributed by atoms with van der Waals surface area (Å²) < 4.78 is 2.71. The van der Waals surface area contributed by atoms with Crippen LogP contribution in [0.5, 0.6) is 0 Å². The van der Waals surface area contributed by atoms with Gasteiger partial charge in [-0.1, -0.05) is 94.4 Å². The van der Waals surface area contributed by atoms with Gasteiger partial charge in [-0.2, -0.15) is 4.58 Å². The first-order chi connectivity index (χ1) is 28.1. The monoisotopic (exact) mass is 757 g/mol. The molecule has 0 radical (unpaired) electrons. The fraction of sp³-hybridized carbons (Fsp3) is 0.339. The van der Waals surface area contributed by atoms with E-state index in [9.17, 15) is 0 Å². The quantitative estimate of drug-likeness (QED) is 0.125. The van der Waals surface area contributed by atoms with Gasteiger partial charge in [0.25, 0.3) is 0 Å². The smallest absolute Gasteiger partial charge is 0.210 e. The Labute approximate surface area is 345 Å². The molecule has 11 rings (SSSR count). The zero-order chi connectivity index (χ0) is 39.5. The molecule has 2 nitrogen and oxygen atoms in total. The summed E-state index contributed by atoms with van der Waals surface area (Å²) in [5.41, 5.74) is 15.0. The van der Waals surface area contributed by atoms with Crippen LogP contribution in [0.15, 0.2) is 143 Å². The molecule has 0 amide bonds. The minimum Gasteiger partial charge on any atom is -0.344 e. The third kappa shape index (κ3) is 5.26. The molecule has 0 saturated heterocycles. The minimum atomic E-state index is -0.0904. The van der Waals surface area contributed by atoms with Crippen molar-refractivity contribution in [1.82, 2.24) is 0 Å². The van der Waals surface area contributed by atoms with Gasteiger partial charge in [0, 0.05) is 47.0 Å². The molecule has 2 heterocycles. The van der Waals surface area contributed by atoms with Crippen molar-refractivity contribution in [3.05, 3.63) is 154 Å². The number of nitrogens with zero attached hydrogens (tertiary/aromatic N) is 2. The number of allylic oxidation sites excluding steroid dienone is 8. The Morgan fingerprint density at radius 3 is 1.86 bits per heavy atom.